The molecule has 0 spiro atoms. The van der Waals surface area contributed by atoms with Gasteiger partial charge >= 0.3 is 0 Å². The summed E-state index contributed by atoms with van der Waals surface area (Å²) in [4.78, 5) is 12.3. The zero-order valence-corrected chi connectivity index (χ0v) is 17.5. The Balaban J connectivity index is 1.86. The number of rotatable bonds is 10. The number of sulfonamides is 1. The van der Waals surface area contributed by atoms with Crippen molar-refractivity contribution in [2.24, 2.45) is 0 Å². The van der Waals surface area contributed by atoms with E-state index in [0.717, 1.165) is 16.9 Å². The van der Waals surface area contributed by atoms with Gasteiger partial charge in [0.1, 0.15) is 5.75 Å². The fourth-order valence-electron chi connectivity index (χ4n) is 2.83. The first-order valence-electron chi connectivity index (χ1n) is 9.39. The minimum absolute atomic E-state index is 0.0457. The average molecular weight is 405 g/mol. The van der Waals surface area contributed by atoms with Crippen molar-refractivity contribution in [3.05, 3.63) is 59.7 Å². The fraction of sp³-hybridized carbons (Fsp3) is 0.381. The quantitative estimate of drug-likeness (QED) is 0.661. The zero-order valence-electron chi connectivity index (χ0n) is 16.6. The van der Waals surface area contributed by atoms with Crippen molar-refractivity contribution >= 4 is 15.9 Å². The van der Waals surface area contributed by atoms with E-state index in [0.29, 0.717) is 32.5 Å². The predicted octanol–water partition coefficient (Wildman–Crippen LogP) is 2.97. The van der Waals surface area contributed by atoms with Crippen LogP contribution >= 0.6 is 0 Å². The number of aryl methyl sites for hydroxylation is 1. The number of nitrogens with one attached hydrogen (secondary N) is 1. The lowest BCUT2D eigenvalue weighted by atomic mass is 10.1. The number of hydrogen-bond donors (Lipinski definition) is 1. The molecule has 152 valence electrons. The van der Waals surface area contributed by atoms with Crippen LogP contribution in [-0.2, 0) is 27.8 Å². The molecule has 2 rings (SSSR count). The number of carbonyl (C=O) groups excluding carboxylic acids is 1. The summed E-state index contributed by atoms with van der Waals surface area (Å²) < 4.78 is 31.5. The summed E-state index contributed by atoms with van der Waals surface area (Å²) in [6, 6.07) is 14.3. The van der Waals surface area contributed by atoms with Gasteiger partial charge in [-0.05, 0) is 41.8 Å². The van der Waals surface area contributed by atoms with Gasteiger partial charge in [0.2, 0.25) is 15.9 Å². The molecule has 0 fully saturated rings. The maximum atomic E-state index is 12.5. The number of methoxy groups -OCH3 is 1. The Labute approximate surface area is 167 Å². The van der Waals surface area contributed by atoms with Crippen molar-refractivity contribution in [3.63, 3.8) is 0 Å². The maximum absolute atomic E-state index is 12.5. The van der Waals surface area contributed by atoms with Gasteiger partial charge in [-0.3, -0.25) is 4.79 Å². The molecule has 28 heavy (non-hydrogen) atoms. The Bertz CT molecular complexity index is 858. The summed E-state index contributed by atoms with van der Waals surface area (Å²) in [5, 5.41) is 2.89. The normalized spacial score (nSPS) is 11.4. The van der Waals surface area contributed by atoms with E-state index in [9.17, 15) is 13.2 Å². The van der Waals surface area contributed by atoms with E-state index in [1.165, 1.54) is 4.31 Å². The van der Waals surface area contributed by atoms with E-state index in [1.807, 2.05) is 38.1 Å². The summed E-state index contributed by atoms with van der Waals surface area (Å²) in [5.74, 6) is 0.734. The molecule has 0 saturated heterocycles. The highest BCUT2D eigenvalue weighted by Gasteiger charge is 2.21. The van der Waals surface area contributed by atoms with Gasteiger partial charge in [0.25, 0.3) is 0 Å². The summed E-state index contributed by atoms with van der Waals surface area (Å²) in [7, 11) is -1.84. The molecule has 6 nitrogen and oxygen atoms in total. The Morgan fingerprint density at radius 1 is 0.964 bits per heavy atom. The fourth-order valence-corrected chi connectivity index (χ4v) is 4.29. The Kier molecular flexibility index (Phi) is 8.02. The van der Waals surface area contributed by atoms with Crippen LogP contribution in [0, 0.1) is 0 Å². The monoisotopic (exact) mass is 404 g/mol. The first-order valence-corrected chi connectivity index (χ1v) is 10.8. The molecular weight excluding hydrogens is 376 g/mol. The number of ether oxygens (including phenoxy) is 1. The van der Waals surface area contributed by atoms with Crippen molar-refractivity contribution in [2.45, 2.75) is 38.1 Å². The number of nitrogens with zero attached hydrogens (tertiary/aromatic N) is 1. The minimum atomic E-state index is -3.45. The zero-order chi connectivity index (χ0) is 20.6. The molecule has 0 radical (unpaired) electrons. The van der Waals surface area contributed by atoms with E-state index >= 15 is 0 Å². The van der Waals surface area contributed by atoms with Gasteiger partial charge in [-0.25, -0.2) is 8.42 Å². The summed E-state index contributed by atoms with van der Waals surface area (Å²) in [5.41, 5.74) is 1.93. The van der Waals surface area contributed by atoms with Crippen LogP contribution in [0.5, 0.6) is 5.75 Å². The van der Waals surface area contributed by atoms with Crippen molar-refractivity contribution in [3.8, 4) is 5.75 Å². The van der Waals surface area contributed by atoms with Crippen LogP contribution in [0.2, 0.25) is 0 Å². The second kappa shape index (κ2) is 10.2. The molecule has 0 aliphatic heterocycles. The van der Waals surface area contributed by atoms with Crippen LogP contribution in [0.4, 0.5) is 0 Å². The molecule has 0 atom stereocenters. The lowest BCUT2D eigenvalue weighted by Gasteiger charge is -2.18. The maximum Gasteiger partial charge on any atom is 0.243 e. The van der Waals surface area contributed by atoms with Crippen LogP contribution in [0.25, 0.3) is 0 Å². The molecule has 2 aromatic rings. The van der Waals surface area contributed by atoms with Gasteiger partial charge in [-0.2, -0.15) is 4.31 Å². The van der Waals surface area contributed by atoms with E-state index in [-0.39, 0.29) is 10.8 Å². The van der Waals surface area contributed by atoms with Crippen molar-refractivity contribution < 1.29 is 17.9 Å². The van der Waals surface area contributed by atoms with Crippen molar-refractivity contribution in [2.75, 3.05) is 20.2 Å². The molecule has 0 aliphatic rings. The third-order valence-corrected chi connectivity index (χ3v) is 6.62. The molecule has 0 aliphatic carbocycles. The number of amides is 1. The first kappa shape index (κ1) is 21.9. The molecule has 0 aromatic heterocycles. The lowest BCUT2D eigenvalue weighted by Crippen LogP contribution is -2.30. The lowest BCUT2D eigenvalue weighted by molar-refractivity contribution is -0.121. The Morgan fingerprint density at radius 2 is 1.54 bits per heavy atom. The summed E-state index contributed by atoms with van der Waals surface area (Å²) >= 11 is 0. The van der Waals surface area contributed by atoms with Crippen molar-refractivity contribution in [1.29, 1.82) is 0 Å². The predicted molar refractivity (Wildman–Crippen MR) is 110 cm³/mol. The van der Waals surface area contributed by atoms with E-state index in [1.54, 1.807) is 31.4 Å². The molecular formula is C21H28N2O4S. The van der Waals surface area contributed by atoms with Crippen LogP contribution in [0.1, 0.15) is 31.4 Å². The largest absolute Gasteiger partial charge is 0.497 e. The summed E-state index contributed by atoms with van der Waals surface area (Å²) in [6.07, 6.45) is 0.901. The van der Waals surface area contributed by atoms with Gasteiger partial charge in [0.15, 0.2) is 0 Å². The molecule has 0 bridgehead atoms. The highest BCUT2D eigenvalue weighted by Crippen LogP contribution is 2.17. The van der Waals surface area contributed by atoms with Gasteiger partial charge in [-0.15, -0.1) is 0 Å². The third kappa shape index (κ3) is 5.81. The molecule has 0 unspecified atom stereocenters. The van der Waals surface area contributed by atoms with E-state index in [4.69, 9.17) is 4.74 Å². The first-order chi connectivity index (χ1) is 13.4. The molecule has 1 N–H and O–H groups in total. The molecule has 0 heterocycles. The Hall–Kier alpha value is -2.38. The van der Waals surface area contributed by atoms with Crippen LogP contribution in [0.3, 0.4) is 0 Å². The van der Waals surface area contributed by atoms with Gasteiger partial charge in [-0.1, -0.05) is 38.1 Å². The summed E-state index contributed by atoms with van der Waals surface area (Å²) in [6.45, 7) is 4.98. The number of benzene rings is 2. The number of carbonyl (C=O) groups is 1. The third-order valence-electron chi connectivity index (χ3n) is 4.56. The number of hydrogen-bond acceptors (Lipinski definition) is 4. The molecule has 7 heteroatoms. The highest BCUT2D eigenvalue weighted by atomic mass is 32.2. The van der Waals surface area contributed by atoms with Crippen LogP contribution in [0.15, 0.2) is 53.4 Å². The minimum Gasteiger partial charge on any atom is -0.497 e. The van der Waals surface area contributed by atoms with Crippen LogP contribution < -0.4 is 10.1 Å². The smallest absolute Gasteiger partial charge is 0.243 e. The molecule has 2 aromatic carbocycles. The topological polar surface area (TPSA) is 75.7 Å². The second-order valence-corrected chi connectivity index (χ2v) is 8.30. The van der Waals surface area contributed by atoms with Crippen molar-refractivity contribution in [1.82, 2.24) is 9.62 Å². The second-order valence-electron chi connectivity index (χ2n) is 6.36. The van der Waals surface area contributed by atoms with Gasteiger partial charge in [0, 0.05) is 26.1 Å². The average Bonchev–Trinajstić information content (AvgIpc) is 2.72. The SMILES string of the molecule is CCN(CC)S(=O)(=O)c1ccc(CCC(=O)NCc2ccc(OC)cc2)cc1. The van der Waals surface area contributed by atoms with E-state index < -0.39 is 10.0 Å². The standard InChI is InChI=1S/C21H28N2O4S/c1-4-23(5-2)28(25,26)20-13-8-17(9-14-20)10-15-21(24)22-16-18-6-11-19(27-3)12-7-18/h6-9,11-14H,4-5,10,15-16H2,1-3H3,(H,22,24). The van der Waals surface area contributed by atoms with E-state index in [2.05, 4.69) is 5.32 Å². The molecule has 0 saturated carbocycles. The Morgan fingerprint density at radius 3 is 2.07 bits per heavy atom. The van der Waals surface area contributed by atoms with Gasteiger partial charge in [0.05, 0.1) is 12.0 Å². The van der Waals surface area contributed by atoms with Crippen LogP contribution in [-0.4, -0.2) is 38.8 Å². The highest BCUT2D eigenvalue weighted by molar-refractivity contribution is 7.89. The van der Waals surface area contributed by atoms with Gasteiger partial charge < -0.3 is 10.1 Å². The molecule has 1 amide bonds.